The van der Waals surface area contributed by atoms with Crippen LogP contribution in [0.1, 0.15) is 19.4 Å². The fourth-order valence-electron chi connectivity index (χ4n) is 2.02. The van der Waals surface area contributed by atoms with Gasteiger partial charge in [0.05, 0.1) is 6.10 Å². The highest BCUT2D eigenvalue weighted by atomic mass is 16.5. The van der Waals surface area contributed by atoms with E-state index in [1.807, 2.05) is 38.1 Å². The van der Waals surface area contributed by atoms with Gasteiger partial charge < -0.3 is 4.74 Å². The van der Waals surface area contributed by atoms with Gasteiger partial charge in [0, 0.05) is 13.0 Å². The van der Waals surface area contributed by atoms with E-state index < -0.39 is 6.03 Å². The lowest BCUT2D eigenvalue weighted by Crippen LogP contribution is -2.33. The second-order valence-electron chi connectivity index (χ2n) is 5.03. The van der Waals surface area contributed by atoms with Gasteiger partial charge in [0.1, 0.15) is 11.5 Å². The zero-order valence-electron chi connectivity index (χ0n) is 12.2. The monoisotopic (exact) mass is 286 g/mol. The van der Waals surface area contributed by atoms with Gasteiger partial charge in [-0.25, -0.2) is 4.79 Å². The minimum absolute atomic E-state index is 0.113. The molecule has 1 aromatic rings. The van der Waals surface area contributed by atoms with Crippen LogP contribution in [0.5, 0.6) is 5.75 Å². The van der Waals surface area contributed by atoms with Crippen molar-refractivity contribution in [1.82, 2.24) is 4.90 Å². The summed E-state index contributed by atoms with van der Waals surface area (Å²) in [4.78, 5) is 28.5. The summed E-state index contributed by atoms with van der Waals surface area (Å²) in [7, 11) is 0. The zero-order valence-corrected chi connectivity index (χ0v) is 12.2. The Morgan fingerprint density at radius 3 is 2.52 bits per heavy atom. The Labute approximate surface area is 123 Å². The third-order valence-corrected chi connectivity index (χ3v) is 2.93. The van der Waals surface area contributed by atoms with Crippen molar-refractivity contribution in [2.75, 3.05) is 6.54 Å². The predicted molar refractivity (Wildman–Crippen MR) is 80.7 cm³/mol. The highest BCUT2D eigenvalue weighted by Crippen LogP contribution is 2.16. The van der Waals surface area contributed by atoms with Crippen LogP contribution in [0, 0.1) is 0 Å². The summed E-state index contributed by atoms with van der Waals surface area (Å²) >= 11 is 0. The number of hydrogen-bond donors (Lipinski definition) is 0. The quantitative estimate of drug-likeness (QED) is 0.755. The third kappa shape index (κ3) is 3.56. The van der Waals surface area contributed by atoms with E-state index in [1.165, 1.54) is 6.08 Å². The summed E-state index contributed by atoms with van der Waals surface area (Å²) in [6, 6.07) is 6.91. The number of carbonyl (C=O) groups excluding carboxylic acids is 2. The highest BCUT2D eigenvalue weighted by Gasteiger charge is 2.31. The van der Waals surface area contributed by atoms with Crippen molar-refractivity contribution in [1.29, 1.82) is 0 Å². The number of carbonyl (C=O) groups is 2. The van der Waals surface area contributed by atoms with E-state index in [1.54, 1.807) is 0 Å². The maximum Gasteiger partial charge on any atom is 0.351 e. The molecule has 0 spiro atoms. The van der Waals surface area contributed by atoms with Crippen LogP contribution in [-0.4, -0.2) is 35.2 Å². The van der Waals surface area contributed by atoms with Gasteiger partial charge in [-0.05, 0) is 31.5 Å². The summed E-state index contributed by atoms with van der Waals surface area (Å²) in [5, 5.41) is 0. The predicted octanol–water partition coefficient (Wildman–Crippen LogP) is 2.61. The Morgan fingerprint density at radius 2 is 1.95 bits per heavy atom. The van der Waals surface area contributed by atoms with Gasteiger partial charge in [0.15, 0.2) is 0 Å². The first kappa shape index (κ1) is 15.0. The van der Waals surface area contributed by atoms with E-state index >= 15 is 0 Å². The van der Waals surface area contributed by atoms with Gasteiger partial charge in [-0.15, -0.1) is 6.58 Å². The average Bonchev–Trinajstić information content (AvgIpc) is 2.69. The lowest BCUT2D eigenvalue weighted by Gasteiger charge is -2.10. The first-order valence-corrected chi connectivity index (χ1v) is 6.81. The molecule has 0 aliphatic carbocycles. The molecule has 5 heteroatoms. The molecule has 21 heavy (non-hydrogen) atoms. The van der Waals surface area contributed by atoms with Gasteiger partial charge in [-0.1, -0.05) is 18.2 Å². The minimum atomic E-state index is -0.519. The molecule has 5 nitrogen and oxygen atoms in total. The van der Waals surface area contributed by atoms with E-state index in [4.69, 9.17) is 4.74 Å². The SMILES string of the molecule is C=CCN1C(=O)N=C(Cc2ccc(OC(C)C)cc2)C1=O. The lowest BCUT2D eigenvalue weighted by atomic mass is 10.1. The maximum absolute atomic E-state index is 12.0. The molecule has 3 amide bonds. The van der Waals surface area contributed by atoms with Gasteiger partial charge in [0.25, 0.3) is 5.91 Å². The molecular weight excluding hydrogens is 268 g/mol. The summed E-state index contributed by atoms with van der Waals surface area (Å²) in [5.41, 5.74) is 1.17. The fourth-order valence-corrected chi connectivity index (χ4v) is 2.02. The fraction of sp³-hybridized carbons (Fsp3) is 0.312. The van der Waals surface area contributed by atoms with Crippen molar-refractivity contribution < 1.29 is 14.3 Å². The molecule has 0 bridgehead atoms. The molecule has 0 N–H and O–H groups in total. The van der Waals surface area contributed by atoms with Crippen LogP contribution >= 0.6 is 0 Å². The van der Waals surface area contributed by atoms with Crippen molar-refractivity contribution >= 4 is 17.6 Å². The van der Waals surface area contributed by atoms with Gasteiger partial charge in [-0.2, -0.15) is 4.99 Å². The Bertz CT molecular complexity index is 588. The lowest BCUT2D eigenvalue weighted by molar-refractivity contribution is -0.120. The summed E-state index contributed by atoms with van der Waals surface area (Å²) in [6.45, 7) is 7.63. The van der Waals surface area contributed by atoms with Crippen LogP contribution < -0.4 is 4.74 Å². The second-order valence-corrected chi connectivity index (χ2v) is 5.03. The smallest absolute Gasteiger partial charge is 0.351 e. The number of amides is 3. The first-order valence-electron chi connectivity index (χ1n) is 6.81. The molecule has 1 aromatic carbocycles. The van der Waals surface area contributed by atoms with Crippen molar-refractivity contribution in [2.45, 2.75) is 26.4 Å². The molecular formula is C16H18N2O3. The molecule has 0 fully saturated rings. The topological polar surface area (TPSA) is 59.0 Å². The van der Waals surface area contributed by atoms with Crippen LogP contribution in [-0.2, 0) is 11.2 Å². The number of hydrogen-bond acceptors (Lipinski definition) is 3. The maximum atomic E-state index is 12.0. The number of aliphatic imine (C=N–C) groups is 1. The van der Waals surface area contributed by atoms with Crippen molar-refractivity contribution in [3.8, 4) is 5.75 Å². The third-order valence-electron chi connectivity index (χ3n) is 2.93. The van der Waals surface area contributed by atoms with Crippen LogP contribution in [0.15, 0.2) is 41.9 Å². The summed E-state index contributed by atoms with van der Waals surface area (Å²) in [6.07, 6.45) is 1.95. The summed E-state index contributed by atoms with van der Waals surface area (Å²) < 4.78 is 5.56. The highest BCUT2D eigenvalue weighted by molar-refractivity contribution is 6.46. The van der Waals surface area contributed by atoms with E-state index in [0.29, 0.717) is 6.42 Å². The molecule has 0 saturated heterocycles. The molecule has 0 unspecified atom stereocenters. The molecule has 1 aliphatic heterocycles. The molecule has 0 atom stereocenters. The molecule has 0 aromatic heterocycles. The van der Waals surface area contributed by atoms with Gasteiger partial charge >= 0.3 is 6.03 Å². The first-order chi connectivity index (χ1) is 10.0. The number of imide groups is 1. The van der Waals surface area contributed by atoms with Crippen LogP contribution in [0.2, 0.25) is 0 Å². The molecule has 2 rings (SSSR count). The number of ether oxygens (including phenoxy) is 1. The van der Waals surface area contributed by atoms with E-state index in [2.05, 4.69) is 11.6 Å². The Kier molecular flexibility index (Phi) is 4.52. The van der Waals surface area contributed by atoms with E-state index in [0.717, 1.165) is 16.2 Å². The van der Waals surface area contributed by atoms with E-state index in [-0.39, 0.29) is 24.3 Å². The molecule has 1 aliphatic rings. The average molecular weight is 286 g/mol. The summed E-state index contributed by atoms with van der Waals surface area (Å²) in [5.74, 6) is 0.431. The van der Waals surface area contributed by atoms with E-state index in [9.17, 15) is 9.59 Å². The number of rotatable bonds is 6. The zero-order chi connectivity index (χ0) is 15.4. The molecule has 1 heterocycles. The van der Waals surface area contributed by atoms with Crippen LogP contribution in [0.25, 0.3) is 0 Å². The van der Waals surface area contributed by atoms with Crippen molar-refractivity contribution in [2.24, 2.45) is 4.99 Å². The van der Waals surface area contributed by atoms with Crippen LogP contribution in [0.4, 0.5) is 4.79 Å². The molecule has 0 radical (unpaired) electrons. The molecule has 110 valence electrons. The van der Waals surface area contributed by atoms with Crippen molar-refractivity contribution in [3.05, 3.63) is 42.5 Å². The Morgan fingerprint density at radius 1 is 1.29 bits per heavy atom. The van der Waals surface area contributed by atoms with Crippen molar-refractivity contribution in [3.63, 3.8) is 0 Å². The largest absolute Gasteiger partial charge is 0.491 e. The second kappa shape index (κ2) is 6.35. The number of nitrogens with zero attached hydrogens (tertiary/aromatic N) is 2. The normalized spacial score (nSPS) is 14.6. The van der Waals surface area contributed by atoms with Gasteiger partial charge in [0.2, 0.25) is 0 Å². The van der Waals surface area contributed by atoms with Gasteiger partial charge in [-0.3, -0.25) is 9.69 Å². The number of benzene rings is 1. The van der Waals surface area contributed by atoms with Crippen LogP contribution in [0.3, 0.4) is 0 Å². The standard InChI is InChI=1S/C16H18N2O3/c1-4-9-18-15(19)14(17-16(18)20)10-12-5-7-13(8-6-12)21-11(2)3/h4-8,11H,1,9-10H2,2-3H3. The number of urea groups is 1. The molecule has 0 saturated carbocycles. The Hall–Kier alpha value is -2.43. The minimum Gasteiger partial charge on any atom is -0.491 e. The Balaban J connectivity index is 2.05.